The zero-order valence-corrected chi connectivity index (χ0v) is 14.2. The van der Waals surface area contributed by atoms with Crippen LogP contribution in [0.15, 0.2) is 41.7 Å². The predicted molar refractivity (Wildman–Crippen MR) is 98.6 cm³/mol. The molecule has 0 fully saturated rings. The van der Waals surface area contributed by atoms with Crippen LogP contribution in [0.2, 0.25) is 0 Å². The van der Waals surface area contributed by atoms with Crippen molar-refractivity contribution in [1.82, 2.24) is 24.5 Å². The van der Waals surface area contributed by atoms with Crippen molar-refractivity contribution >= 4 is 27.8 Å². The maximum absolute atomic E-state index is 12.5. The highest BCUT2D eigenvalue weighted by Crippen LogP contribution is 2.26. The van der Waals surface area contributed by atoms with Crippen molar-refractivity contribution in [1.29, 1.82) is 0 Å². The summed E-state index contributed by atoms with van der Waals surface area (Å²) in [5, 5.41) is 4.77. The smallest absolute Gasteiger partial charge is 0.264 e. The van der Waals surface area contributed by atoms with Crippen molar-refractivity contribution in [2.24, 2.45) is 7.05 Å². The van der Waals surface area contributed by atoms with Crippen LogP contribution in [0.3, 0.4) is 0 Å². The molecule has 2 N–H and O–H groups in total. The summed E-state index contributed by atoms with van der Waals surface area (Å²) in [7, 11) is 1.69. The van der Waals surface area contributed by atoms with Gasteiger partial charge < -0.3 is 14.9 Å². The fraction of sp³-hybridized carbons (Fsp3) is 0.222. The predicted octanol–water partition coefficient (Wildman–Crippen LogP) is 2.69. The number of H-pyrrole nitrogens is 1. The monoisotopic (exact) mass is 334 g/mol. The molecule has 0 radical (unpaired) electrons. The van der Waals surface area contributed by atoms with E-state index in [0.717, 1.165) is 22.3 Å². The first-order valence-electron chi connectivity index (χ1n) is 8.09. The first-order valence-corrected chi connectivity index (χ1v) is 8.09. The second-order valence-electron chi connectivity index (χ2n) is 6.35. The lowest BCUT2D eigenvalue weighted by Gasteiger charge is -2.13. The zero-order valence-electron chi connectivity index (χ0n) is 14.2. The molecule has 7 heteroatoms. The number of aromatic amines is 1. The standard InChI is InChI=1S/C18H18N6O/c1-10(2)22-17-15-14(21-9-24(3)18(15)25)7-13(23-17)12-6-11-4-5-19-16(11)20-8-12/h4-10H,1-3H3,(H,19,20)(H,22,23). The number of aryl methyl sites for hydroxylation is 1. The Morgan fingerprint density at radius 1 is 1.24 bits per heavy atom. The molecule has 0 spiro atoms. The molecule has 0 aliphatic carbocycles. The van der Waals surface area contributed by atoms with E-state index in [1.54, 1.807) is 13.2 Å². The van der Waals surface area contributed by atoms with Gasteiger partial charge in [-0.2, -0.15) is 0 Å². The average molecular weight is 334 g/mol. The second-order valence-corrected chi connectivity index (χ2v) is 6.35. The molecular weight excluding hydrogens is 316 g/mol. The first kappa shape index (κ1) is 15.3. The van der Waals surface area contributed by atoms with Crippen LogP contribution in [0.1, 0.15) is 13.8 Å². The minimum absolute atomic E-state index is 0.119. The van der Waals surface area contributed by atoms with Gasteiger partial charge in [-0.25, -0.2) is 15.0 Å². The Balaban J connectivity index is 1.98. The van der Waals surface area contributed by atoms with Crippen LogP contribution in [0.4, 0.5) is 5.82 Å². The van der Waals surface area contributed by atoms with E-state index in [4.69, 9.17) is 0 Å². The fourth-order valence-corrected chi connectivity index (χ4v) is 2.83. The van der Waals surface area contributed by atoms with Crippen LogP contribution in [0.25, 0.3) is 33.2 Å². The van der Waals surface area contributed by atoms with Crippen molar-refractivity contribution in [2.75, 3.05) is 5.32 Å². The molecule has 0 unspecified atom stereocenters. The Morgan fingerprint density at radius 3 is 2.88 bits per heavy atom. The molecule has 4 heterocycles. The number of hydrogen-bond acceptors (Lipinski definition) is 5. The maximum Gasteiger partial charge on any atom is 0.264 e. The largest absolute Gasteiger partial charge is 0.367 e. The number of aromatic nitrogens is 5. The minimum Gasteiger partial charge on any atom is -0.367 e. The normalized spacial score (nSPS) is 11.5. The van der Waals surface area contributed by atoms with Gasteiger partial charge in [0, 0.05) is 36.4 Å². The molecule has 126 valence electrons. The van der Waals surface area contributed by atoms with Gasteiger partial charge in [0.2, 0.25) is 0 Å². The summed E-state index contributed by atoms with van der Waals surface area (Å²) in [5.41, 5.74) is 2.93. The Labute approximate surface area is 143 Å². The van der Waals surface area contributed by atoms with E-state index in [9.17, 15) is 4.79 Å². The highest BCUT2D eigenvalue weighted by Gasteiger charge is 2.14. The van der Waals surface area contributed by atoms with Crippen LogP contribution < -0.4 is 10.9 Å². The molecule has 4 rings (SSSR count). The summed E-state index contributed by atoms with van der Waals surface area (Å²) in [6.07, 6.45) is 5.15. The highest BCUT2D eigenvalue weighted by molar-refractivity contribution is 5.92. The number of anilines is 1. The number of fused-ring (bicyclic) bond motifs is 2. The molecule has 0 saturated heterocycles. The molecule has 0 aromatic carbocycles. The van der Waals surface area contributed by atoms with E-state index in [0.29, 0.717) is 16.7 Å². The zero-order chi connectivity index (χ0) is 17.6. The van der Waals surface area contributed by atoms with Crippen molar-refractivity contribution in [3.05, 3.63) is 47.3 Å². The van der Waals surface area contributed by atoms with Crippen LogP contribution in [0.5, 0.6) is 0 Å². The minimum atomic E-state index is -0.119. The summed E-state index contributed by atoms with van der Waals surface area (Å²) >= 11 is 0. The molecule has 0 aliphatic rings. The summed E-state index contributed by atoms with van der Waals surface area (Å²) in [5.74, 6) is 0.547. The number of nitrogens with one attached hydrogen (secondary N) is 2. The quantitative estimate of drug-likeness (QED) is 0.601. The Kier molecular flexibility index (Phi) is 3.49. The number of pyridine rings is 2. The van der Waals surface area contributed by atoms with Crippen molar-refractivity contribution in [3.63, 3.8) is 0 Å². The summed E-state index contributed by atoms with van der Waals surface area (Å²) < 4.78 is 1.46. The molecule has 4 aromatic heterocycles. The Morgan fingerprint density at radius 2 is 2.08 bits per heavy atom. The van der Waals surface area contributed by atoms with Gasteiger partial charge in [-0.3, -0.25) is 4.79 Å². The number of rotatable bonds is 3. The summed E-state index contributed by atoms with van der Waals surface area (Å²) in [4.78, 5) is 29.1. The van der Waals surface area contributed by atoms with Gasteiger partial charge in [-0.1, -0.05) is 0 Å². The molecule has 0 atom stereocenters. The van der Waals surface area contributed by atoms with Gasteiger partial charge in [0.05, 0.1) is 17.5 Å². The van der Waals surface area contributed by atoms with E-state index >= 15 is 0 Å². The molecule has 4 aromatic rings. The van der Waals surface area contributed by atoms with Gasteiger partial charge in [0.1, 0.15) is 16.9 Å². The Hall–Kier alpha value is -3.22. The summed E-state index contributed by atoms with van der Waals surface area (Å²) in [6, 6.07) is 5.96. The van der Waals surface area contributed by atoms with Crippen molar-refractivity contribution < 1.29 is 0 Å². The topological polar surface area (TPSA) is 88.5 Å². The third kappa shape index (κ3) is 2.63. The molecule has 7 nitrogen and oxygen atoms in total. The highest BCUT2D eigenvalue weighted by atomic mass is 16.1. The lowest BCUT2D eigenvalue weighted by Crippen LogP contribution is -2.21. The van der Waals surface area contributed by atoms with E-state index in [1.165, 1.54) is 10.9 Å². The van der Waals surface area contributed by atoms with Gasteiger partial charge >= 0.3 is 0 Å². The van der Waals surface area contributed by atoms with Gasteiger partial charge in [0.15, 0.2) is 0 Å². The molecule has 0 aliphatic heterocycles. The molecule has 0 amide bonds. The Bertz CT molecular complexity index is 1140. The molecule has 0 saturated carbocycles. The van der Waals surface area contributed by atoms with Crippen LogP contribution in [-0.2, 0) is 7.05 Å². The van der Waals surface area contributed by atoms with Crippen LogP contribution >= 0.6 is 0 Å². The molecule has 25 heavy (non-hydrogen) atoms. The fourth-order valence-electron chi connectivity index (χ4n) is 2.83. The first-order chi connectivity index (χ1) is 12.0. The lowest BCUT2D eigenvalue weighted by molar-refractivity contribution is 0.839. The average Bonchev–Trinajstić information content (AvgIpc) is 3.05. The van der Waals surface area contributed by atoms with Crippen molar-refractivity contribution in [3.8, 4) is 11.3 Å². The molecular formula is C18H18N6O. The second kappa shape index (κ2) is 5.70. The van der Waals surface area contributed by atoms with E-state index in [1.807, 2.05) is 38.2 Å². The number of hydrogen-bond donors (Lipinski definition) is 2. The van der Waals surface area contributed by atoms with E-state index in [-0.39, 0.29) is 11.6 Å². The van der Waals surface area contributed by atoms with Gasteiger partial charge in [-0.05, 0) is 32.0 Å². The third-order valence-electron chi connectivity index (χ3n) is 4.02. The van der Waals surface area contributed by atoms with Crippen molar-refractivity contribution in [2.45, 2.75) is 19.9 Å². The summed E-state index contributed by atoms with van der Waals surface area (Å²) in [6.45, 7) is 4.02. The van der Waals surface area contributed by atoms with Gasteiger partial charge in [-0.15, -0.1) is 0 Å². The van der Waals surface area contributed by atoms with Gasteiger partial charge in [0.25, 0.3) is 5.56 Å². The van der Waals surface area contributed by atoms with E-state index in [2.05, 4.69) is 25.3 Å². The van der Waals surface area contributed by atoms with Crippen LogP contribution in [0, 0.1) is 0 Å². The lowest BCUT2D eigenvalue weighted by atomic mass is 10.1. The van der Waals surface area contributed by atoms with Crippen LogP contribution in [-0.4, -0.2) is 30.5 Å². The third-order valence-corrected chi connectivity index (χ3v) is 4.02. The SMILES string of the molecule is CC(C)Nc1nc(-c2cnc3[nH]ccc3c2)cc2ncn(C)c(=O)c12. The van der Waals surface area contributed by atoms with E-state index < -0.39 is 0 Å². The molecule has 0 bridgehead atoms. The maximum atomic E-state index is 12.5. The number of nitrogens with zero attached hydrogens (tertiary/aromatic N) is 4.